The first-order valence-corrected chi connectivity index (χ1v) is 5.62. The van der Waals surface area contributed by atoms with Gasteiger partial charge in [-0.15, -0.1) is 0 Å². The Hall–Kier alpha value is -1.22. The quantitative estimate of drug-likeness (QED) is 0.834. The molecule has 16 heavy (non-hydrogen) atoms. The maximum atomic E-state index is 5.91. The van der Waals surface area contributed by atoms with Crippen LogP contribution in [0.3, 0.4) is 0 Å². The Labute approximate surface area is 97.6 Å². The number of nitrogens with two attached hydrogens (primary N) is 1. The first-order valence-electron chi connectivity index (χ1n) is 5.62. The Bertz CT molecular complexity index is 314. The van der Waals surface area contributed by atoms with E-state index in [0.29, 0.717) is 12.5 Å². The fraction of sp³-hybridized carbons (Fsp3) is 0.538. The predicted molar refractivity (Wildman–Crippen MR) is 65.8 cm³/mol. The lowest BCUT2D eigenvalue weighted by Crippen LogP contribution is -2.20. The minimum atomic E-state index is 0.140. The molecule has 0 bridgehead atoms. The number of hydrogen-bond acceptors (Lipinski definition) is 3. The highest BCUT2D eigenvalue weighted by atomic mass is 16.5. The van der Waals surface area contributed by atoms with Gasteiger partial charge in [0.25, 0.3) is 0 Å². The monoisotopic (exact) mass is 223 g/mol. The highest BCUT2D eigenvalue weighted by Crippen LogP contribution is 2.32. The Balaban J connectivity index is 2.99. The molecular weight excluding hydrogens is 202 g/mol. The zero-order valence-electron chi connectivity index (χ0n) is 10.5. The van der Waals surface area contributed by atoms with Crippen molar-refractivity contribution >= 4 is 0 Å². The van der Waals surface area contributed by atoms with Gasteiger partial charge in [0.15, 0.2) is 11.5 Å². The van der Waals surface area contributed by atoms with E-state index >= 15 is 0 Å². The summed E-state index contributed by atoms with van der Waals surface area (Å²) in [5.41, 5.74) is 6.67. The summed E-state index contributed by atoms with van der Waals surface area (Å²) in [4.78, 5) is 0. The number of methoxy groups -OCH3 is 1. The molecule has 1 rings (SSSR count). The normalized spacial score (nSPS) is 12.6. The first-order chi connectivity index (χ1) is 7.60. The van der Waals surface area contributed by atoms with Crippen molar-refractivity contribution in [2.45, 2.75) is 33.4 Å². The molecule has 0 aliphatic carbocycles. The number of ether oxygens (including phenoxy) is 2. The lowest BCUT2D eigenvalue weighted by Gasteiger charge is -2.21. The number of rotatable bonds is 5. The first kappa shape index (κ1) is 12.8. The molecule has 90 valence electrons. The third-order valence-corrected chi connectivity index (χ3v) is 2.74. The lowest BCUT2D eigenvalue weighted by atomic mass is 10.1. The van der Waals surface area contributed by atoms with Gasteiger partial charge in [0, 0.05) is 12.1 Å². The third-order valence-electron chi connectivity index (χ3n) is 2.74. The van der Waals surface area contributed by atoms with Crippen LogP contribution >= 0.6 is 0 Å². The Morgan fingerprint density at radius 1 is 1.25 bits per heavy atom. The summed E-state index contributed by atoms with van der Waals surface area (Å²) in [5.74, 6) is 1.97. The summed E-state index contributed by atoms with van der Waals surface area (Å²) in [6, 6.07) is 5.78. The average molecular weight is 223 g/mol. The zero-order chi connectivity index (χ0) is 12.1. The van der Waals surface area contributed by atoms with Crippen LogP contribution in [0, 0.1) is 5.92 Å². The summed E-state index contributed by atoms with van der Waals surface area (Å²) in [6.07, 6.45) is 0.140. The molecule has 1 unspecified atom stereocenters. The van der Waals surface area contributed by atoms with Crippen molar-refractivity contribution in [1.82, 2.24) is 0 Å². The molecule has 3 nitrogen and oxygen atoms in total. The lowest BCUT2D eigenvalue weighted by molar-refractivity contribution is 0.162. The smallest absolute Gasteiger partial charge is 0.166 e. The van der Waals surface area contributed by atoms with E-state index in [0.717, 1.165) is 17.1 Å². The van der Waals surface area contributed by atoms with Gasteiger partial charge >= 0.3 is 0 Å². The van der Waals surface area contributed by atoms with Crippen LogP contribution in [0.25, 0.3) is 0 Å². The molecule has 2 N–H and O–H groups in total. The van der Waals surface area contributed by atoms with E-state index in [-0.39, 0.29) is 6.10 Å². The van der Waals surface area contributed by atoms with Gasteiger partial charge in [0.05, 0.1) is 13.2 Å². The summed E-state index contributed by atoms with van der Waals surface area (Å²) in [5, 5.41) is 0. The van der Waals surface area contributed by atoms with E-state index < -0.39 is 0 Å². The molecule has 0 aliphatic heterocycles. The third kappa shape index (κ3) is 2.89. The van der Waals surface area contributed by atoms with Crippen molar-refractivity contribution in [3.05, 3.63) is 23.8 Å². The minimum Gasteiger partial charge on any atom is -0.493 e. The van der Waals surface area contributed by atoms with Gasteiger partial charge in [-0.2, -0.15) is 0 Å². The molecule has 0 heterocycles. The van der Waals surface area contributed by atoms with E-state index in [2.05, 4.69) is 20.8 Å². The number of hydrogen-bond donors (Lipinski definition) is 1. The summed E-state index contributed by atoms with van der Waals surface area (Å²) < 4.78 is 11.2. The molecule has 0 aliphatic rings. The average Bonchev–Trinajstić information content (AvgIpc) is 2.29. The van der Waals surface area contributed by atoms with Crippen LogP contribution in [0.15, 0.2) is 18.2 Å². The van der Waals surface area contributed by atoms with Gasteiger partial charge in [-0.1, -0.05) is 26.0 Å². The van der Waals surface area contributed by atoms with E-state index in [9.17, 15) is 0 Å². The largest absolute Gasteiger partial charge is 0.493 e. The van der Waals surface area contributed by atoms with Crippen LogP contribution in [-0.4, -0.2) is 13.2 Å². The summed E-state index contributed by atoms with van der Waals surface area (Å²) in [7, 11) is 1.64. The van der Waals surface area contributed by atoms with Gasteiger partial charge in [-0.3, -0.25) is 0 Å². The Morgan fingerprint density at radius 2 is 1.94 bits per heavy atom. The van der Waals surface area contributed by atoms with Gasteiger partial charge in [-0.25, -0.2) is 0 Å². The highest BCUT2D eigenvalue weighted by molar-refractivity contribution is 5.46. The van der Waals surface area contributed by atoms with Gasteiger partial charge in [-0.05, 0) is 18.9 Å². The van der Waals surface area contributed by atoms with E-state index in [1.807, 2.05) is 18.2 Å². The second-order valence-electron chi connectivity index (χ2n) is 4.22. The van der Waals surface area contributed by atoms with Crippen LogP contribution in [0.5, 0.6) is 11.5 Å². The maximum absolute atomic E-state index is 5.91. The SMILES string of the molecule is COc1cccc(CN)c1OC(C)C(C)C. The van der Waals surface area contributed by atoms with Gasteiger partial charge in [0.1, 0.15) is 0 Å². The number of para-hydroxylation sites is 1. The second kappa shape index (κ2) is 5.75. The molecule has 0 radical (unpaired) electrons. The highest BCUT2D eigenvalue weighted by Gasteiger charge is 2.15. The van der Waals surface area contributed by atoms with Crippen LogP contribution in [0.2, 0.25) is 0 Å². The van der Waals surface area contributed by atoms with Crippen molar-refractivity contribution in [3.8, 4) is 11.5 Å². The van der Waals surface area contributed by atoms with Crippen LogP contribution in [0.4, 0.5) is 0 Å². The van der Waals surface area contributed by atoms with Crippen LogP contribution in [0.1, 0.15) is 26.3 Å². The van der Waals surface area contributed by atoms with Gasteiger partial charge in [0.2, 0.25) is 0 Å². The van der Waals surface area contributed by atoms with Crippen molar-refractivity contribution in [3.63, 3.8) is 0 Å². The topological polar surface area (TPSA) is 44.5 Å². The van der Waals surface area contributed by atoms with Gasteiger partial charge < -0.3 is 15.2 Å². The molecular formula is C13H21NO2. The maximum Gasteiger partial charge on any atom is 0.166 e. The summed E-state index contributed by atoms with van der Waals surface area (Å²) >= 11 is 0. The molecule has 1 aromatic rings. The van der Waals surface area contributed by atoms with E-state index in [1.165, 1.54) is 0 Å². The second-order valence-corrected chi connectivity index (χ2v) is 4.22. The van der Waals surface area contributed by atoms with Crippen molar-refractivity contribution < 1.29 is 9.47 Å². The van der Waals surface area contributed by atoms with Crippen LogP contribution < -0.4 is 15.2 Å². The standard InChI is InChI=1S/C13H21NO2/c1-9(2)10(3)16-13-11(8-14)6-5-7-12(13)15-4/h5-7,9-10H,8,14H2,1-4H3. The fourth-order valence-electron chi connectivity index (χ4n) is 1.34. The minimum absolute atomic E-state index is 0.140. The number of benzene rings is 1. The Morgan fingerprint density at radius 3 is 2.44 bits per heavy atom. The summed E-state index contributed by atoms with van der Waals surface area (Å²) in [6.45, 7) is 6.76. The molecule has 0 fully saturated rings. The zero-order valence-corrected chi connectivity index (χ0v) is 10.5. The van der Waals surface area contributed by atoms with E-state index in [4.69, 9.17) is 15.2 Å². The Kier molecular flexibility index (Phi) is 4.62. The molecule has 0 spiro atoms. The molecule has 1 atom stereocenters. The molecule has 0 saturated heterocycles. The molecule has 1 aromatic carbocycles. The predicted octanol–water partition coefficient (Wildman–Crippen LogP) is 2.58. The van der Waals surface area contributed by atoms with Crippen molar-refractivity contribution in [2.75, 3.05) is 7.11 Å². The van der Waals surface area contributed by atoms with Crippen LogP contribution in [-0.2, 0) is 6.54 Å². The van der Waals surface area contributed by atoms with E-state index in [1.54, 1.807) is 7.11 Å². The molecule has 0 aromatic heterocycles. The molecule has 0 saturated carbocycles. The molecule has 3 heteroatoms. The van der Waals surface area contributed by atoms with Crippen molar-refractivity contribution in [1.29, 1.82) is 0 Å². The fourth-order valence-corrected chi connectivity index (χ4v) is 1.34. The van der Waals surface area contributed by atoms with Crippen molar-refractivity contribution in [2.24, 2.45) is 11.7 Å². The molecule has 0 amide bonds.